The molecule has 1 atom stereocenters. The van der Waals surface area contributed by atoms with Crippen LogP contribution >= 0.6 is 23.1 Å². The molecule has 0 aliphatic heterocycles. The van der Waals surface area contributed by atoms with Gasteiger partial charge in [0, 0.05) is 4.88 Å². The summed E-state index contributed by atoms with van der Waals surface area (Å²) in [6, 6.07) is 5.94. The molecule has 0 unspecified atom stereocenters. The van der Waals surface area contributed by atoms with Crippen LogP contribution in [0.5, 0.6) is 0 Å². The third-order valence-corrected chi connectivity index (χ3v) is 6.71. The van der Waals surface area contributed by atoms with Crippen molar-refractivity contribution in [1.82, 2.24) is 9.55 Å². The van der Waals surface area contributed by atoms with Crippen molar-refractivity contribution in [1.29, 1.82) is 0 Å². The molecule has 0 spiro atoms. The molecule has 0 N–H and O–H groups in total. The number of esters is 1. The number of thioether (sulfide) groups is 1. The largest absolute Gasteiger partial charge is 0.468 e. The maximum Gasteiger partial charge on any atom is 0.318 e. The smallest absolute Gasteiger partial charge is 0.318 e. The topological polar surface area (TPSA) is 61.2 Å². The summed E-state index contributed by atoms with van der Waals surface area (Å²) in [6.45, 7) is 9.69. The van der Waals surface area contributed by atoms with Crippen LogP contribution in [0.15, 0.2) is 28.2 Å². The standard InChI is InChI=1S/C20H22N2O3S2/c1-10-7-8-15(11(2)9-10)22-18(23)16-12(3)13(4)26-17(16)21-20(22)27-14(5)19(24)25-6/h7-9,14H,1-6H3/t14-/m1/s1. The fraction of sp³-hybridized carbons (Fsp3) is 0.350. The number of ether oxygens (including phenoxy) is 1. The lowest BCUT2D eigenvalue weighted by molar-refractivity contribution is -0.139. The summed E-state index contributed by atoms with van der Waals surface area (Å²) in [5, 5.41) is 0.671. The van der Waals surface area contributed by atoms with Gasteiger partial charge < -0.3 is 4.74 Å². The third-order valence-electron chi connectivity index (χ3n) is 4.58. The van der Waals surface area contributed by atoms with Crippen LogP contribution in [0.2, 0.25) is 0 Å². The zero-order valence-electron chi connectivity index (χ0n) is 16.2. The van der Waals surface area contributed by atoms with Gasteiger partial charge in [-0.1, -0.05) is 29.5 Å². The molecule has 7 heteroatoms. The lowest BCUT2D eigenvalue weighted by Gasteiger charge is -2.16. The van der Waals surface area contributed by atoms with E-state index in [2.05, 4.69) is 0 Å². The Bertz CT molecular complexity index is 1100. The molecular formula is C20H22N2O3S2. The molecule has 3 aromatic rings. The summed E-state index contributed by atoms with van der Waals surface area (Å²) < 4.78 is 6.46. The van der Waals surface area contributed by atoms with Gasteiger partial charge in [0.1, 0.15) is 10.1 Å². The van der Waals surface area contributed by atoms with E-state index in [1.807, 2.05) is 45.9 Å². The second-order valence-corrected chi connectivity index (χ2v) is 9.08. The summed E-state index contributed by atoms with van der Waals surface area (Å²) in [5.74, 6) is -0.347. The van der Waals surface area contributed by atoms with Gasteiger partial charge in [-0.15, -0.1) is 11.3 Å². The average molecular weight is 403 g/mol. The van der Waals surface area contributed by atoms with Crippen molar-refractivity contribution in [3.05, 3.63) is 50.1 Å². The van der Waals surface area contributed by atoms with Crippen molar-refractivity contribution >= 4 is 39.3 Å². The van der Waals surface area contributed by atoms with Crippen LogP contribution in [0.4, 0.5) is 0 Å². The molecule has 1 aromatic carbocycles. The van der Waals surface area contributed by atoms with Crippen LogP contribution in [0.25, 0.3) is 15.9 Å². The van der Waals surface area contributed by atoms with Gasteiger partial charge in [0.15, 0.2) is 5.16 Å². The minimum atomic E-state index is -0.474. The Morgan fingerprint density at radius 1 is 1.26 bits per heavy atom. The lowest BCUT2D eigenvalue weighted by Crippen LogP contribution is -2.24. The molecule has 2 aromatic heterocycles. The number of nitrogens with zero attached hydrogens (tertiary/aromatic N) is 2. The van der Waals surface area contributed by atoms with Crippen molar-refractivity contribution in [3.63, 3.8) is 0 Å². The highest BCUT2D eigenvalue weighted by Gasteiger charge is 2.23. The highest BCUT2D eigenvalue weighted by atomic mass is 32.2. The number of methoxy groups -OCH3 is 1. The summed E-state index contributed by atoms with van der Waals surface area (Å²) in [4.78, 5) is 31.9. The molecule has 0 saturated heterocycles. The number of carbonyl (C=O) groups excluding carboxylic acids is 1. The van der Waals surface area contributed by atoms with Crippen LogP contribution in [0, 0.1) is 27.7 Å². The molecule has 0 aliphatic carbocycles. The number of thiophene rings is 1. The molecule has 0 bridgehead atoms. The summed E-state index contributed by atoms with van der Waals surface area (Å²) in [7, 11) is 1.36. The van der Waals surface area contributed by atoms with Gasteiger partial charge in [-0.3, -0.25) is 14.2 Å². The van der Waals surface area contributed by atoms with Gasteiger partial charge in [0.2, 0.25) is 0 Å². The first-order valence-corrected chi connectivity index (χ1v) is 10.3. The Kier molecular flexibility index (Phi) is 5.44. The van der Waals surface area contributed by atoms with Crippen LogP contribution in [0.1, 0.15) is 28.5 Å². The van der Waals surface area contributed by atoms with Gasteiger partial charge >= 0.3 is 5.97 Å². The number of carbonyl (C=O) groups is 1. The molecule has 5 nitrogen and oxygen atoms in total. The number of aromatic nitrogens is 2. The Hall–Kier alpha value is -2.12. The molecule has 2 heterocycles. The zero-order chi connectivity index (χ0) is 19.9. The molecule has 0 fully saturated rings. The van der Waals surface area contributed by atoms with Crippen LogP contribution in [-0.2, 0) is 9.53 Å². The number of benzene rings is 1. The SMILES string of the molecule is COC(=O)[C@@H](C)Sc1nc2sc(C)c(C)c2c(=O)n1-c1ccc(C)cc1C. The third kappa shape index (κ3) is 3.53. The second kappa shape index (κ2) is 7.48. The predicted octanol–water partition coefficient (Wildman–Crippen LogP) is 4.33. The Morgan fingerprint density at radius 3 is 2.59 bits per heavy atom. The summed E-state index contributed by atoms with van der Waals surface area (Å²) in [6.07, 6.45) is 0. The quantitative estimate of drug-likeness (QED) is 0.369. The number of rotatable bonds is 4. The maximum atomic E-state index is 13.4. The van der Waals surface area contributed by atoms with E-state index in [0.717, 1.165) is 27.3 Å². The molecule has 0 aliphatic rings. The van der Waals surface area contributed by atoms with Crippen molar-refractivity contribution in [2.24, 2.45) is 0 Å². The highest BCUT2D eigenvalue weighted by Crippen LogP contribution is 2.31. The second-order valence-electron chi connectivity index (χ2n) is 6.57. The maximum absolute atomic E-state index is 13.4. The van der Waals surface area contributed by atoms with E-state index >= 15 is 0 Å². The first-order chi connectivity index (χ1) is 12.7. The van der Waals surface area contributed by atoms with Crippen LogP contribution < -0.4 is 5.56 Å². The van der Waals surface area contributed by atoms with Gasteiger partial charge in [-0.05, 0) is 51.8 Å². The van der Waals surface area contributed by atoms with Crippen molar-refractivity contribution in [3.8, 4) is 5.69 Å². The van der Waals surface area contributed by atoms with E-state index in [1.165, 1.54) is 30.2 Å². The van der Waals surface area contributed by atoms with E-state index in [-0.39, 0.29) is 11.5 Å². The lowest BCUT2D eigenvalue weighted by atomic mass is 10.1. The molecule has 27 heavy (non-hydrogen) atoms. The van der Waals surface area contributed by atoms with E-state index in [0.29, 0.717) is 15.4 Å². The normalized spacial score (nSPS) is 12.4. The molecule has 0 amide bonds. The van der Waals surface area contributed by atoms with Crippen LogP contribution in [0.3, 0.4) is 0 Å². The van der Waals surface area contributed by atoms with Crippen molar-refractivity contribution in [2.45, 2.75) is 45.0 Å². The molecule has 0 saturated carbocycles. The minimum Gasteiger partial charge on any atom is -0.468 e. The van der Waals surface area contributed by atoms with Crippen LogP contribution in [-0.4, -0.2) is 27.9 Å². The van der Waals surface area contributed by atoms with Gasteiger partial charge in [-0.2, -0.15) is 0 Å². The van der Waals surface area contributed by atoms with Gasteiger partial charge in [0.25, 0.3) is 5.56 Å². The Labute approximate surface area is 166 Å². The van der Waals surface area contributed by atoms with Gasteiger partial charge in [-0.25, -0.2) is 4.98 Å². The fourth-order valence-electron chi connectivity index (χ4n) is 3.00. The summed E-state index contributed by atoms with van der Waals surface area (Å²) >= 11 is 2.74. The molecule has 0 radical (unpaired) electrons. The van der Waals surface area contributed by atoms with E-state index in [1.54, 1.807) is 11.5 Å². The fourth-order valence-corrected chi connectivity index (χ4v) is 5.01. The molecular weight excluding hydrogens is 380 g/mol. The number of hydrogen-bond acceptors (Lipinski definition) is 6. The first kappa shape index (κ1) is 19.6. The zero-order valence-corrected chi connectivity index (χ0v) is 17.9. The van der Waals surface area contributed by atoms with Crippen molar-refractivity contribution < 1.29 is 9.53 Å². The van der Waals surface area contributed by atoms with E-state index < -0.39 is 5.25 Å². The Balaban J connectivity index is 2.32. The van der Waals surface area contributed by atoms with Crippen molar-refractivity contribution in [2.75, 3.05) is 7.11 Å². The molecule has 3 rings (SSSR count). The number of aryl methyl sites for hydroxylation is 4. The highest BCUT2D eigenvalue weighted by molar-refractivity contribution is 8.00. The average Bonchev–Trinajstić information content (AvgIpc) is 2.90. The monoisotopic (exact) mass is 402 g/mol. The first-order valence-electron chi connectivity index (χ1n) is 8.59. The van der Waals surface area contributed by atoms with E-state index in [9.17, 15) is 9.59 Å². The Morgan fingerprint density at radius 2 is 1.96 bits per heavy atom. The number of hydrogen-bond donors (Lipinski definition) is 0. The van der Waals surface area contributed by atoms with E-state index in [4.69, 9.17) is 9.72 Å². The summed E-state index contributed by atoms with van der Waals surface area (Å²) in [5.41, 5.74) is 3.74. The molecule has 142 valence electrons. The minimum absolute atomic E-state index is 0.103. The van der Waals surface area contributed by atoms with Gasteiger partial charge in [0.05, 0.1) is 18.2 Å². The predicted molar refractivity (Wildman–Crippen MR) is 112 cm³/mol. The number of fused-ring (bicyclic) bond motifs is 1.